The lowest BCUT2D eigenvalue weighted by atomic mass is 10.0. The lowest BCUT2D eigenvalue weighted by Crippen LogP contribution is -2.11. The van der Waals surface area contributed by atoms with Gasteiger partial charge in [0.15, 0.2) is 5.43 Å². The minimum atomic E-state index is -0.295. The van der Waals surface area contributed by atoms with Crippen molar-refractivity contribution in [2.75, 3.05) is 5.32 Å². The lowest BCUT2D eigenvalue weighted by molar-refractivity contribution is -0.116. The van der Waals surface area contributed by atoms with Crippen LogP contribution in [0.3, 0.4) is 0 Å². The minimum absolute atomic E-state index is 0.0237. The molecule has 5 heteroatoms. The average molecular weight is 402 g/mol. The molecule has 3 aromatic rings. The zero-order valence-corrected chi connectivity index (χ0v) is 17.0. The quantitative estimate of drug-likeness (QED) is 0.449. The fourth-order valence-electron chi connectivity index (χ4n) is 3.48. The minimum Gasteiger partial charge on any atom is -0.445 e. The maximum atomic E-state index is 12.2. The number of nitrogens with one attached hydrogen (secondary N) is 1. The third kappa shape index (κ3) is 6.31. The largest absolute Gasteiger partial charge is 0.445 e. The molecule has 0 aliphatic rings. The van der Waals surface area contributed by atoms with Crippen LogP contribution in [0.4, 0.5) is 5.69 Å². The van der Waals surface area contributed by atoms with Crippen LogP contribution in [0, 0.1) is 11.3 Å². The Hall–Kier alpha value is -3.39. The van der Waals surface area contributed by atoms with Gasteiger partial charge in [-0.2, -0.15) is 5.26 Å². The van der Waals surface area contributed by atoms with Gasteiger partial charge in [0, 0.05) is 18.2 Å². The Labute approximate surface area is 176 Å². The molecule has 154 valence electrons. The first-order valence-corrected chi connectivity index (χ1v) is 10.5. The van der Waals surface area contributed by atoms with Crippen molar-refractivity contribution in [3.05, 3.63) is 76.1 Å². The van der Waals surface area contributed by atoms with Crippen LogP contribution in [-0.2, 0) is 11.2 Å². The number of unbranched alkanes of at least 4 members (excludes halogenated alkanes) is 5. The Balaban J connectivity index is 1.34. The van der Waals surface area contributed by atoms with Crippen molar-refractivity contribution in [3.8, 4) is 6.07 Å². The van der Waals surface area contributed by atoms with Crippen LogP contribution in [-0.4, -0.2) is 5.91 Å². The Morgan fingerprint density at radius 1 is 0.933 bits per heavy atom. The second-order valence-electron chi connectivity index (χ2n) is 7.45. The second-order valence-corrected chi connectivity index (χ2v) is 7.45. The van der Waals surface area contributed by atoms with Gasteiger partial charge in [-0.1, -0.05) is 56.0 Å². The fraction of sp³-hybridized carbons (Fsp3) is 0.320. The molecular formula is C25H26N2O3. The molecule has 0 saturated carbocycles. The van der Waals surface area contributed by atoms with E-state index >= 15 is 0 Å². The van der Waals surface area contributed by atoms with Crippen LogP contribution in [0.2, 0.25) is 0 Å². The van der Waals surface area contributed by atoms with E-state index in [0.717, 1.165) is 31.7 Å². The zero-order valence-electron chi connectivity index (χ0n) is 17.0. The highest BCUT2D eigenvalue weighted by Crippen LogP contribution is 2.18. The van der Waals surface area contributed by atoms with E-state index in [1.165, 1.54) is 24.8 Å². The zero-order chi connectivity index (χ0) is 21.2. The lowest BCUT2D eigenvalue weighted by Gasteiger charge is -2.06. The molecular weight excluding hydrogens is 376 g/mol. The third-order valence-electron chi connectivity index (χ3n) is 5.08. The Morgan fingerprint density at radius 2 is 1.67 bits per heavy atom. The van der Waals surface area contributed by atoms with Crippen LogP contribution in [0.1, 0.15) is 56.3 Å². The van der Waals surface area contributed by atoms with E-state index in [1.54, 1.807) is 18.2 Å². The van der Waals surface area contributed by atoms with Crippen LogP contribution < -0.4 is 10.7 Å². The first-order valence-electron chi connectivity index (χ1n) is 10.5. The van der Waals surface area contributed by atoms with E-state index in [1.807, 2.05) is 12.1 Å². The van der Waals surface area contributed by atoms with E-state index in [0.29, 0.717) is 23.1 Å². The van der Waals surface area contributed by atoms with Gasteiger partial charge in [0.1, 0.15) is 11.7 Å². The number of amides is 1. The molecule has 0 spiro atoms. The maximum Gasteiger partial charge on any atom is 0.224 e. The van der Waals surface area contributed by atoms with Crippen molar-refractivity contribution < 1.29 is 9.21 Å². The van der Waals surface area contributed by atoms with Crippen LogP contribution >= 0.6 is 0 Å². The van der Waals surface area contributed by atoms with E-state index in [9.17, 15) is 9.59 Å². The van der Waals surface area contributed by atoms with Crippen LogP contribution in [0.25, 0.3) is 11.0 Å². The predicted molar refractivity (Wildman–Crippen MR) is 118 cm³/mol. The van der Waals surface area contributed by atoms with Crippen molar-refractivity contribution >= 4 is 22.6 Å². The number of aryl methyl sites for hydroxylation is 1. The predicted octanol–water partition coefficient (Wildman–Crippen LogP) is 5.58. The topological polar surface area (TPSA) is 83.1 Å². The molecule has 1 aromatic heterocycles. The molecule has 5 nitrogen and oxygen atoms in total. The summed E-state index contributed by atoms with van der Waals surface area (Å²) in [4.78, 5) is 24.2. The summed E-state index contributed by atoms with van der Waals surface area (Å²) in [6, 6.07) is 18.4. The summed E-state index contributed by atoms with van der Waals surface area (Å²) < 4.78 is 5.32. The molecule has 3 rings (SSSR count). The van der Waals surface area contributed by atoms with Gasteiger partial charge in [-0.25, -0.2) is 0 Å². The number of nitrogens with zero attached hydrogens (tertiary/aromatic N) is 1. The summed E-state index contributed by atoms with van der Waals surface area (Å²) in [6.07, 6.45) is 8.24. The Morgan fingerprint density at radius 3 is 2.43 bits per heavy atom. The van der Waals surface area contributed by atoms with E-state index in [-0.39, 0.29) is 17.1 Å². The number of carbonyl (C=O) groups excluding carboxylic acids is 1. The molecule has 0 atom stereocenters. The van der Waals surface area contributed by atoms with Gasteiger partial charge >= 0.3 is 0 Å². The Kier molecular flexibility index (Phi) is 7.79. The second kappa shape index (κ2) is 11.0. The highest BCUT2D eigenvalue weighted by Gasteiger charge is 2.08. The maximum absolute atomic E-state index is 12.2. The van der Waals surface area contributed by atoms with Gasteiger partial charge in [0.25, 0.3) is 0 Å². The Bertz CT molecular complexity index is 1080. The first-order chi connectivity index (χ1) is 14.7. The van der Waals surface area contributed by atoms with Gasteiger partial charge in [0.2, 0.25) is 11.7 Å². The van der Waals surface area contributed by atoms with Crippen molar-refractivity contribution in [3.63, 3.8) is 0 Å². The molecule has 30 heavy (non-hydrogen) atoms. The fourth-order valence-corrected chi connectivity index (χ4v) is 3.48. The molecule has 0 fully saturated rings. The molecule has 0 aliphatic heterocycles. The summed E-state index contributed by atoms with van der Waals surface area (Å²) in [5, 5.41) is 12.0. The number of hydrogen-bond donors (Lipinski definition) is 1. The molecule has 2 aromatic carbocycles. The summed E-state index contributed by atoms with van der Waals surface area (Å²) in [5.41, 5.74) is 2.00. The van der Waals surface area contributed by atoms with Crippen LogP contribution in [0.15, 0.2) is 63.8 Å². The van der Waals surface area contributed by atoms with Crippen molar-refractivity contribution in [1.29, 1.82) is 5.26 Å². The smallest absolute Gasteiger partial charge is 0.224 e. The average Bonchev–Trinajstić information content (AvgIpc) is 2.76. The molecule has 0 bridgehead atoms. The highest BCUT2D eigenvalue weighted by molar-refractivity contribution is 5.93. The van der Waals surface area contributed by atoms with Crippen LogP contribution in [0.5, 0.6) is 0 Å². The number of nitriles is 1. The molecule has 0 radical (unpaired) electrons. The van der Waals surface area contributed by atoms with E-state index < -0.39 is 0 Å². The summed E-state index contributed by atoms with van der Waals surface area (Å²) in [7, 11) is 0. The van der Waals surface area contributed by atoms with E-state index in [4.69, 9.17) is 9.68 Å². The number of fused-ring (bicyclic) bond motifs is 1. The normalized spacial score (nSPS) is 10.6. The first kappa shape index (κ1) is 21.3. The molecule has 1 heterocycles. The summed E-state index contributed by atoms with van der Waals surface area (Å²) in [5.74, 6) is -0.0826. The summed E-state index contributed by atoms with van der Waals surface area (Å²) in [6.45, 7) is 0. The molecule has 0 saturated heterocycles. The number of hydrogen-bond acceptors (Lipinski definition) is 4. The van der Waals surface area contributed by atoms with Gasteiger partial charge in [0.05, 0.1) is 5.39 Å². The molecule has 0 aliphatic carbocycles. The number of anilines is 1. The molecule has 1 N–H and O–H groups in total. The van der Waals surface area contributed by atoms with Gasteiger partial charge in [-0.05, 0) is 43.0 Å². The highest BCUT2D eigenvalue weighted by atomic mass is 16.3. The number of rotatable bonds is 10. The van der Waals surface area contributed by atoms with E-state index in [2.05, 4.69) is 29.6 Å². The van der Waals surface area contributed by atoms with Crippen molar-refractivity contribution in [1.82, 2.24) is 0 Å². The van der Waals surface area contributed by atoms with Gasteiger partial charge < -0.3 is 9.73 Å². The molecule has 0 unspecified atom stereocenters. The van der Waals surface area contributed by atoms with Crippen molar-refractivity contribution in [2.24, 2.45) is 0 Å². The standard InChI is InChI=1S/C25H26N2O3/c26-18-21-17-23(28)22-16-20(14-15-24(22)30-21)27-25(29)13-9-4-2-1-3-6-10-19-11-7-5-8-12-19/h5,7-8,11-12,14-17H,1-4,6,9-10,13H2,(H,27,29). The number of carbonyl (C=O) groups is 1. The SMILES string of the molecule is N#Cc1cc(=O)c2cc(NC(=O)CCCCCCCCc3ccccc3)ccc2o1. The third-order valence-corrected chi connectivity index (χ3v) is 5.08. The van der Waals surface area contributed by atoms with Crippen molar-refractivity contribution in [2.45, 2.75) is 51.4 Å². The van der Waals surface area contributed by atoms with Gasteiger partial charge in [-0.15, -0.1) is 0 Å². The van der Waals surface area contributed by atoms with Gasteiger partial charge in [-0.3, -0.25) is 9.59 Å². The molecule has 1 amide bonds. The monoisotopic (exact) mass is 402 g/mol. The number of benzene rings is 2. The summed E-state index contributed by atoms with van der Waals surface area (Å²) >= 11 is 0.